The lowest BCUT2D eigenvalue weighted by Gasteiger charge is -2.05. The van der Waals surface area contributed by atoms with E-state index in [-0.39, 0.29) is 21.3 Å². The molecule has 0 N–H and O–H groups in total. The molecule has 3 aromatic rings. The van der Waals surface area contributed by atoms with Crippen LogP contribution in [0.2, 0.25) is 5.15 Å². The number of nitrogens with zero attached hydrogens (tertiary/aromatic N) is 2. The van der Waals surface area contributed by atoms with Gasteiger partial charge in [-0.25, -0.2) is 17.5 Å². The Morgan fingerprint density at radius 3 is 2.41 bits per heavy atom. The summed E-state index contributed by atoms with van der Waals surface area (Å²) in [6.45, 7) is 1.74. The highest BCUT2D eigenvalue weighted by atomic mass is 35.7. The van der Waals surface area contributed by atoms with Gasteiger partial charge in [0, 0.05) is 10.7 Å². The molecule has 0 amide bonds. The van der Waals surface area contributed by atoms with Crippen LogP contribution in [0, 0.1) is 12.7 Å². The largest absolute Gasteiger partial charge is 0.262 e. The third-order valence-electron chi connectivity index (χ3n) is 3.18. The average Bonchev–Trinajstić information content (AvgIpc) is 2.75. The van der Waals surface area contributed by atoms with Crippen molar-refractivity contribution in [2.24, 2.45) is 0 Å². The average molecular weight is 359 g/mol. The SMILES string of the molecule is Cc1cc(S(=O)(=O)Cl)c2c(Cl)nn(-c3ccc(F)cc3)c2c1. The molecule has 1 heterocycles. The molecule has 0 unspecified atom stereocenters. The fourth-order valence-corrected chi connectivity index (χ4v) is 3.74. The van der Waals surface area contributed by atoms with E-state index >= 15 is 0 Å². The molecule has 0 aliphatic rings. The number of hydrogen-bond donors (Lipinski definition) is 0. The Labute approximate surface area is 135 Å². The van der Waals surface area contributed by atoms with Gasteiger partial charge in [0.25, 0.3) is 9.05 Å². The lowest BCUT2D eigenvalue weighted by Crippen LogP contribution is -1.97. The summed E-state index contributed by atoms with van der Waals surface area (Å²) in [6.07, 6.45) is 0. The quantitative estimate of drug-likeness (QED) is 0.649. The summed E-state index contributed by atoms with van der Waals surface area (Å²) in [5, 5.41) is 4.40. The molecule has 3 rings (SSSR count). The van der Waals surface area contributed by atoms with E-state index in [0.29, 0.717) is 16.8 Å². The minimum atomic E-state index is -3.98. The normalized spacial score (nSPS) is 12.0. The molecule has 0 aliphatic carbocycles. The third-order valence-corrected chi connectivity index (χ3v) is 4.79. The number of aryl methyl sites for hydroxylation is 1. The second-order valence-corrected chi connectivity index (χ2v) is 7.67. The number of benzene rings is 2. The van der Waals surface area contributed by atoms with Gasteiger partial charge < -0.3 is 0 Å². The predicted molar refractivity (Wildman–Crippen MR) is 83.8 cm³/mol. The number of fused-ring (bicyclic) bond motifs is 1. The standard InChI is InChI=1S/C14H9Cl2FN2O2S/c1-8-6-11-13(12(7-8)22(16,20)21)14(15)18-19(11)10-4-2-9(17)3-5-10/h2-7H,1H3. The van der Waals surface area contributed by atoms with Gasteiger partial charge in [-0.1, -0.05) is 11.6 Å². The Morgan fingerprint density at radius 2 is 1.82 bits per heavy atom. The van der Waals surface area contributed by atoms with Crippen LogP contribution in [0.15, 0.2) is 41.3 Å². The van der Waals surface area contributed by atoms with Crippen LogP contribution < -0.4 is 0 Å². The van der Waals surface area contributed by atoms with Crippen molar-refractivity contribution >= 4 is 42.2 Å². The summed E-state index contributed by atoms with van der Waals surface area (Å²) in [5.41, 5.74) is 1.73. The van der Waals surface area contributed by atoms with Crippen LogP contribution in [0.1, 0.15) is 5.56 Å². The molecule has 1 aromatic heterocycles. The summed E-state index contributed by atoms with van der Waals surface area (Å²) >= 11 is 6.09. The van der Waals surface area contributed by atoms with E-state index < -0.39 is 9.05 Å². The van der Waals surface area contributed by atoms with E-state index in [9.17, 15) is 12.8 Å². The first kappa shape index (κ1) is 15.3. The van der Waals surface area contributed by atoms with Gasteiger partial charge in [0.15, 0.2) is 5.15 Å². The van der Waals surface area contributed by atoms with E-state index in [1.807, 2.05) is 0 Å². The maximum absolute atomic E-state index is 13.1. The molecule has 0 spiro atoms. The predicted octanol–water partition coefficient (Wildman–Crippen LogP) is 4.05. The Bertz CT molecular complexity index is 982. The van der Waals surface area contributed by atoms with Crippen LogP contribution in [0.25, 0.3) is 16.6 Å². The van der Waals surface area contributed by atoms with Crippen molar-refractivity contribution in [2.75, 3.05) is 0 Å². The Balaban J connectivity index is 2.40. The molecule has 4 nitrogen and oxygen atoms in total. The number of rotatable bonds is 2. The van der Waals surface area contributed by atoms with Crippen molar-refractivity contribution in [3.8, 4) is 5.69 Å². The maximum atomic E-state index is 13.1. The van der Waals surface area contributed by atoms with Crippen molar-refractivity contribution in [1.29, 1.82) is 0 Å². The maximum Gasteiger partial charge on any atom is 0.262 e. The number of hydrogen-bond acceptors (Lipinski definition) is 3. The number of aromatic nitrogens is 2. The van der Waals surface area contributed by atoms with Crippen LogP contribution in [0.4, 0.5) is 4.39 Å². The highest BCUT2D eigenvalue weighted by Crippen LogP contribution is 2.34. The van der Waals surface area contributed by atoms with E-state index in [1.54, 1.807) is 13.0 Å². The molecular formula is C14H9Cl2FN2O2S. The first-order valence-electron chi connectivity index (χ1n) is 6.17. The highest BCUT2D eigenvalue weighted by Gasteiger charge is 2.22. The summed E-state index contributed by atoms with van der Waals surface area (Å²) in [5.74, 6) is -0.383. The molecule has 0 radical (unpaired) electrons. The van der Waals surface area contributed by atoms with Crippen molar-refractivity contribution in [3.63, 3.8) is 0 Å². The van der Waals surface area contributed by atoms with Crippen LogP contribution in [0.5, 0.6) is 0 Å². The van der Waals surface area contributed by atoms with Crippen LogP contribution in [-0.2, 0) is 9.05 Å². The molecular weight excluding hydrogens is 350 g/mol. The molecule has 22 heavy (non-hydrogen) atoms. The number of halogens is 3. The topological polar surface area (TPSA) is 52.0 Å². The van der Waals surface area contributed by atoms with Gasteiger partial charge in [-0.15, -0.1) is 0 Å². The third kappa shape index (κ3) is 2.58. The van der Waals surface area contributed by atoms with Crippen LogP contribution in [-0.4, -0.2) is 18.2 Å². The van der Waals surface area contributed by atoms with E-state index in [2.05, 4.69) is 5.10 Å². The molecule has 0 aliphatic heterocycles. The van der Waals surface area contributed by atoms with E-state index in [1.165, 1.54) is 35.0 Å². The first-order chi connectivity index (χ1) is 10.3. The molecule has 0 fully saturated rings. The van der Waals surface area contributed by atoms with Crippen LogP contribution >= 0.6 is 22.3 Å². The van der Waals surface area contributed by atoms with Crippen LogP contribution in [0.3, 0.4) is 0 Å². The monoisotopic (exact) mass is 358 g/mol. The first-order valence-corrected chi connectivity index (χ1v) is 8.85. The van der Waals surface area contributed by atoms with Gasteiger partial charge in [-0.2, -0.15) is 5.10 Å². The molecule has 2 aromatic carbocycles. The van der Waals surface area contributed by atoms with E-state index in [4.69, 9.17) is 22.3 Å². The minimum Gasteiger partial charge on any atom is -0.232 e. The van der Waals surface area contributed by atoms with Crippen molar-refractivity contribution in [2.45, 2.75) is 11.8 Å². The lowest BCUT2D eigenvalue weighted by atomic mass is 10.2. The molecule has 0 bridgehead atoms. The molecule has 114 valence electrons. The van der Waals surface area contributed by atoms with Gasteiger partial charge in [0.2, 0.25) is 0 Å². The second-order valence-electron chi connectivity index (χ2n) is 4.77. The Morgan fingerprint density at radius 1 is 1.18 bits per heavy atom. The van der Waals surface area contributed by atoms with Crippen molar-refractivity contribution < 1.29 is 12.8 Å². The summed E-state index contributed by atoms with van der Waals surface area (Å²) < 4.78 is 38.0. The zero-order valence-corrected chi connectivity index (χ0v) is 13.5. The Hall–Kier alpha value is -1.63. The summed E-state index contributed by atoms with van der Waals surface area (Å²) in [7, 11) is 1.51. The lowest BCUT2D eigenvalue weighted by molar-refractivity contribution is 0.610. The van der Waals surface area contributed by atoms with Gasteiger partial charge in [0.1, 0.15) is 5.82 Å². The molecule has 8 heteroatoms. The zero-order chi connectivity index (χ0) is 16.1. The van der Waals surface area contributed by atoms with Gasteiger partial charge >= 0.3 is 0 Å². The minimum absolute atomic E-state index is 0.0125. The Kier molecular flexibility index (Phi) is 3.63. The van der Waals surface area contributed by atoms with Crippen molar-refractivity contribution in [1.82, 2.24) is 9.78 Å². The highest BCUT2D eigenvalue weighted by molar-refractivity contribution is 8.14. The fourth-order valence-electron chi connectivity index (χ4n) is 2.27. The molecule has 0 saturated carbocycles. The van der Waals surface area contributed by atoms with Crippen molar-refractivity contribution in [3.05, 3.63) is 52.9 Å². The van der Waals surface area contributed by atoms with Gasteiger partial charge in [-0.05, 0) is 48.9 Å². The second kappa shape index (κ2) is 5.22. The summed E-state index contributed by atoms with van der Waals surface area (Å²) in [4.78, 5) is -0.0949. The smallest absolute Gasteiger partial charge is 0.232 e. The molecule has 0 atom stereocenters. The zero-order valence-electron chi connectivity index (χ0n) is 11.2. The van der Waals surface area contributed by atoms with E-state index in [0.717, 1.165) is 0 Å². The summed E-state index contributed by atoms with van der Waals surface area (Å²) in [6, 6.07) is 8.79. The fraction of sp³-hybridized carbons (Fsp3) is 0.0714. The van der Waals surface area contributed by atoms with Gasteiger partial charge in [-0.3, -0.25) is 0 Å². The molecule has 0 saturated heterocycles. The van der Waals surface area contributed by atoms with Gasteiger partial charge in [0.05, 0.1) is 21.5 Å².